The molecular weight excluding hydrogens is 591 g/mol. The minimum Gasteiger partial charge on any atom is -0.309 e. The van der Waals surface area contributed by atoms with Gasteiger partial charge in [0.2, 0.25) is 0 Å². The minimum atomic E-state index is 1.16. The van der Waals surface area contributed by atoms with E-state index in [1.54, 1.807) is 0 Å². The van der Waals surface area contributed by atoms with Crippen LogP contribution in [0.3, 0.4) is 0 Å². The monoisotopic (exact) mass is 621 g/mol. The third kappa shape index (κ3) is 4.40. The van der Waals surface area contributed by atoms with Gasteiger partial charge in [0.1, 0.15) is 0 Å². The van der Waals surface area contributed by atoms with Crippen LogP contribution >= 0.6 is 0 Å². The molecule has 0 aliphatic rings. The lowest BCUT2D eigenvalue weighted by Crippen LogP contribution is -1.94. The van der Waals surface area contributed by atoms with E-state index < -0.39 is 0 Å². The second-order valence-electron chi connectivity index (χ2n) is 12.9. The number of aromatic nitrogens is 1. The molecule has 1 heterocycles. The number of hydrogen-bond acceptors (Lipinski definition) is 0. The normalized spacial score (nSPS) is 11.7. The van der Waals surface area contributed by atoms with Crippen molar-refractivity contribution in [3.63, 3.8) is 0 Å². The van der Waals surface area contributed by atoms with Crippen LogP contribution in [0.1, 0.15) is 0 Å². The van der Waals surface area contributed by atoms with E-state index in [0.29, 0.717) is 0 Å². The molecule has 0 amide bonds. The maximum Gasteiger partial charge on any atom is 0.0547 e. The molecule has 0 aliphatic carbocycles. The zero-order valence-electron chi connectivity index (χ0n) is 26.8. The van der Waals surface area contributed by atoms with Crippen LogP contribution in [-0.2, 0) is 0 Å². The molecule has 0 unspecified atom stereocenters. The highest BCUT2D eigenvalue weighted by Crippen LogP contribution is 2.41. The van der Waals surface area contributed by atoms with Crippen molar-refractivity contribution in [2.45, 2.75) is 0 Å². The summed E-state index contributed by atoms with van der Waals surface area (Å²) >= 11 is 0. The van der Waals surface area contributed by atoms with Gasteiger partial charge in [-0.1, -0.05) is 152 Å². The van der Waals surface area contributed by atoms with Crippen molar-refractivity contribution in [3.05, 3.63) is 188 Å². The van der Waals surface area contributed by atoms with Crippen LogP contribution < -0.4 is 0 Å². The Labute approximate surface area is 284 Å². The van der Waals surface area contributed by atoms with E-state index in [0.717, 1.165) is 5.69 Å². The summed E-state index contributed by atoms with van der Waals surface area (Å²) < 4.78 is 2.42. The Bertz CT molecular complexity index is 2840. The molecule has 10 rings (SSSR count). The predicted octanol–water partition coefficient (Wildman–Crippen LogP) is 13.2. The summed E-state index contributed by atoms with van der Waals surface area (Å²) in [7, 11) is 0. The van der Waals surface area contributed by atoms with Gasteiger partial charge in [-0.25, -0.2) is 0 Å². The zero-order valence-corrected chi connectivity index (χ0v) is 26.8. The van der Waals surface area contributed by atoms with Crippen LogP contribution in [0.5, 0.6) is 0 Å². The first kappa shape index (κ1) is 27.7. The minimum absolute atomic E-state index is 1.16. The Hall–Kier alpha value is -6.44. The molecule has 0 aliphatic heterocycles. The fourth-order valence-electron chi connectivity index (χ4n) is 7.95. The smallest absolute Gasteiger partial charge is 0.0547 e. The maximum atomic E-state index is 2.42. The van der Waals surface area contributed by atoms with Gasteiger partial charge in [0.05, 0.1) is 11.0 Å². The van der Waals surface area contributed by atoms with Gasteiger partial charge in [-0.2, -0.15) is 0 Å². The molecule has 228 valence electrons. The summed E-state index contributed by atoms with van der Waals surface area (Å²) in [6, 6.07) is 68.7. The fraction of sp³-hybridized carbons (Fsp3) is 0. The molecule has 1 aromatic heterocycles. The number of rotatable bonds is 4. The Kier molecular flexibility index (Phi) is 6.25. The van der Waals surface area contributed by atoms with Crippen molar-refractivity contribution in [2.24, 2.45) is 0 Å². The first-order valence-electron chi connectivity index (χ1n) is 16.9. The van der Waals surface area contributed by atoms with Crippen molar-refractivity contribution >= 4 is 54.1 Å². The highest BCUT2D eigenvalue weighted by atomic mass is 15.0. The lowest BCUT2D eigenvalue weighted by Gasteiger charge is -2.13. The maximum absolute atomic E-state index is 2.42. The zero-order chi connectivity index (χ0) is 32.3. The van der Waals surface area contributed by atoms with Crippen LogP contribution in [0.25, 0.3) is 93.2 Å². The molecule has 1 heteroatoms. The highest BCUT2D eigenvalue weighted by molar-refractivity contribution is 6.25. The van der Waals surface area contributed by atoms with Crippen molar-refractivity contribution in [2.75, 3.05) is 0 Å². The van der Waals surface area contributed by atoms with Crippen molar-refractivity contribution < 1.29 is 0 Å². The van der Waals surface area contributed by atoms with Gasteiger partial charge < -0.3 is 4.57 Å². The largest absolute Gasteiger partial charge is 0.309 e. The Morgan fingerprint density at radius 1 is 0.265 bits per heavy atom. The van der Waals surface area contributed by atoms with Crippen molar-refractivity contribution in [1.82, 2.24) is 4.57 Å². The standard InChI is InChI=1S/C48H31N/c1-2-13-32(14-3-1)34-16-11-18-37(30-34)49-46-25-9-8-23-44(46)48-38(24-12-26-47(48)49)36-17-10-15-33(29-36)35-27-28-43-41-21-5-4-19-39(41)40-20-6-7-22-42(40)45(43)31-35/h1-31H. The molecule has 0 saturated heterocycles. The number of fused-ring (bicyclic) bond motifs is 9. The fourth-order valence-corrected chi connectivity index (χ4v) is 7.95. The third-order valence-corrected chi connectivity index (χ3v) is 10.2. The van der Waals surface area contributed by atoms with Crippen LogP contribution in [0, 0.1) is 0 Å². The lowest BCUT2D eigenvalue weighted by molar-refractivity contribution is 1.18. The van der Waals surface area contributed by atoms with Gasteiger partial charge >= 0.3 is 0 Å². The first-order valence-corrected chi connectivity index (χ1v) is 16.9. The summed E-state index contributed by atoms with van der Waals surface area (Å²) in [5.74, 6) is 0. The molecular formula is C48H31N. The topological polar surface area (TPSA) is 4.93 Å². The van der Waals surface area contributed by atoms with E-state index in [1.807, 2.05) is 0 Å². The molecule has 10 aromatic rings. The second kappa shape index (κ2) is 11.1. The average molecular weight is 622 g/mol. The van der Waals surface area contributed by atoms with Gasteiger partial charge in [-0.05, 0) is 102 Å². The summed E-state index contributed by atoms with van der Waals surface area (Å²) in [5.41, 5.74) is 10.9. The number of hydrogen-bond donors (Lipinski definition) is 0. The highest BCUT2D eigenvalue weighted by Gasteiger charge is 2.17. The molecule has 0 atom stereocenters. The van der Waals surface area contributed by atoms with Gasteiger partial charge in [0, 0.05) is 16.5 Å². The van der Waals surface area contributed by atoms with Crippen LogP contribution in [0.15, 0.2) is 188 Å². The molecule has 0 N–H and O–H groups in total. The molecule has 49 heavy (non-hydrogen) atoms. The average Bonchev–Trinajstić information content (AvgIpc) is 3.53. The Balaban J connectivity index is 1.15. The third-order valence-electron chi connectivity index (χ3n) is 10.2. The molecule has 0 bridgehead atoms. The number of para-hydroxylation sites is 1. The van der Waals surface area contributed by atoms with Crippen molar-refractivity contribution in [3.8, 4) is 39.1 Å². The van der Waals surface area contributed by atoms with Gasteiger partial charge in [-0.3, -0.25) is 0 Å². The second-order valence-corrected chi connectivity index (χ2v) is 12.9. The summed E-state index contributed by atoms with van der Waals surface area (Å²) in [5, 5.41) is 10.3. The lowest BCUT2D eigenvalue weighted by atomic mass is 9.91. The van der Waals surface area contributed by atoms with E-state index in [2.05, 4.69) is 193 Å². The molecule has 0 spiro atoms. The van der Waals surface area contributed by atoms with Crippen LogP contribution in [0.2, 0.25) is 0 Å². The first-order chi connectivity index (χ1) is 24.3. The summed E-state index contributed by atoms with van der Waals surface area (Å²) in [4.78, 5) is 0. The van der Waals surface area contributed by atoms with Crippen LogP contribution in [0.4, 0.5) is 0 Å². The Morgan fingerprint density at radius 3 is 1.53 bits per heavy atom. The Morgan fingerprint density at radius 2 is 0.776 bits per heavy atom. The summed E-state index contributed by atoms with van der Waals surface area (Å²) in [6.07, 6.45) is 0. The van der Waals surface area contributed by atoms with Gasteiger partial charge in [0.15, 0.2) is 0 Å². The molecule has 0 fully saturated rings. The number of benzene rings is 9. The van der Waals surface area contributed by atoms with E-state index >= 15 is 0 Å². The van der Waals surface area contributed by atoms with E-state index in [1.165, 1.54) is 87.5 Å². The van der Waals surface area contributed by atoms with Gasteiger partial charge in [0.25, 0.3) is 0 Å². The van der Waals surface area contributed by atoms with Crippen molar-refractivity contribution in [1.29, 1.82) is 0 Å². The molecule has 0 radical (unpaired) electrons. The van der Waals surface area contributed by atoms with E-state index in [9.17, 15) is 0 Å². The molecule has 1 nitrogen and oxygen atoms in total. The quantitative estimate of drug-likeness (QED) is 0.172. The molecule has 9 aromatic carbocycles. The van der Waals surface area contributed by atoms with E-state index in [-0.39, 0.29) is 0 Å². The van der Waals surface area contributed by atoms with E-state index in [4.69, 9.17) is 0 Å². The van der Waals surface area contributed by atoms with Gasteiger partial charge in [-0.15, -0.1) is 0 Å². The van der Waals surface area contributed by atoms with Crippen LogP contribution in [-0.4, -0.2) is 4.57 Å². The predicted molar refractivity (Wildman–Crippen MR) is 210 cm³/mol. The summed E-state index contributed by atoms with van der Waals surface area (Å²) in [6.45, 7) is 0. The number of nitrogens with zero attached hydrogens (tertiary/aromatic N) is 1. The SMILES string of the molecule is c1ccc(-c2cccc(-n3c4ccccc4c4c(-c5cccc(-c6ccc7c8ccccc8c8ccccc8c7c6)c5)cccc43)c2)cc1. The molecule has 0 saturated carbocycles.